The van der Waals surface area contributed by atoms with Gasteiger partial charge in [0.15, 0.2) is 5.13 Å². The molecule has 1 fully saturated rings. The lowest BCUT2D eigenvalue weighted by Gasteiger charge is -2.21. The predicted octanol–water partition coefficient (Wildman–Crippen LogP) is 2.93. The maximum absolute atomic E-state index is 12.7. The molecule has 1 aliphatic rings. The summed E-state index contributed by atoms with van der Waals surface area (Å²) in [6.07, 6.45) is 1.73. The van der Waals surface area contributed by atoms with Crippen molar-refractivity contribution in [2.24, 2.45) is 0 Å². The van der Waals surface area contributed by atoms with E-state index in [1.165, 1.54) is 11.3 Å². The summed E-state index contributed by atoms with van der Waals surface area (Å²) < 4.78 is 0. The van der Waals surface area contributed by atoms with Gasteiger partial charge in [-0.1, -0.05) is 12.1 Å². The molecular weight excluding hydrogens is 360 g/mol. The van der Waals surface area contributed by atoms with Gasteiger partial charge in [-0.25, -0.2) is 4.98 Å². The molecule has 1 aromatic heterocycles. The first-order chi connectivity index (χ1) is 13.0. The van der Waals surface area contributed by atoms with E-state index in [-0.39, 0.29) is 18.2 Å². The highest BCUT2D eigenvalue weighted by atomic mass is 32.1. The smallest absolute Gasteiger partial charge is 0.228 e. The van der Waals surface area contributed by atoms with Gasteiger partial charge in [0.2, 0.25) is 11.8 Å². The maximum atomic E-state index is 12.7. The molecule has 1 saturated heterocycles. The van der Waals surface area contributed by atoms with Crippen LogP contribution in [0.2, 0.25) is 0 Å². The molecule has 144 valence electrons. The van der Waals surface area contributed by atoms with E-state index in [9.17, 15) is 9.59 Å². The maximum Gasteiger partial charge on any atom is 0.228 e. The lowest BCUT2D eigenvalue weighted by molar-refractivity contribution is -0.130. The predicted molar refractivity (Wildman–Crippen MR) is 109 cm³/mol. The lowest BCUT2D eigenvalue weighted by Crippen LogP contribution is -2.31. The summed E-state index contributed by atoms with van der Waals surface area (Å²) in [4.78, 5) is 34.7. The number of nitrogens with zero attached hydrogens (tertiary/aromatic N) is 4. The van der Waals surface area contributed by atoms with Gasteiger partial charge in [0.25, 0.3) is 0 Å². The third-order valence-electron chi connectivity index (χ3n) is 4.74. The molecule has 1 aromatic carbocycles. The topological polar surface area (TPSA) is 56.8 Å². The van der Waals surface area contributed by atoms with Crippen LogP contribution in [0.25, 0.3) is 0 Å². The van der Waals surface area contributed by atoms with Crippen LogP contribution in [0, 0.1) is 0 Å². The molecule has 3 rings (SSSR count). The number of anilines is 2. The van der Waals surface area contributed by atoms with Crippen LogP contribution in [0.1, 0.15) is 31.0 Å². The molecular formula is C20H26N4O2S. The van der Waals surface area contributed by atoms with E-state index >= 15 is 0 Å². The van der Waals surface area contributed by atoms with Crippen molar-refractivity contribution < 1.29 is 9.59 Å². The number of likely N-dealkylation sites (N-methyl/N-ethyl adjacent to an activating group) is 1. The fraction of sp³-hybridized carbons (Fsp3) is 0.450. The van der Waals surface area contributed by atoms with E-state index in [2.05, 4.69) is 34.1 Å². The highest BCUT2D eigenvalue weighted by Gasteiger charge is 2.24. The average molecular weight is 387 g/mol. The van der Waals surface area contributed by atoms with E-state index in [1.807, 2.05) is 31.3 Å². The lowest BCUT2D eigenvalue weighted by atomic mass is 10.1. The number of benzene rings is 1. The van der Waals surface area contributed by atoms with Crippen molar-refractivity contribution in [1.29, 1.82) is 0 Å². The van der Waals surface area contributed by atoms with Crippen LogP contribution in [0.5, 0.6) is 0 Å². The van der Waals surface area contributed by atoms with Crippen molar-refractivity contribution in [3.63, 3.8) is 0 Å². The Balaban J connectivity index is 1.61. The second-order valence-electron chi connectivity index (χ2n) is 6.92. The zero-order valence-electron chi connectivity index (χ0n) is 16.1. The van der Waals surface area contributed by atoms with Gasteiger partial charge in [-0.05, 0) is 31.0 Å². The Bertz CT molecular complexity index is 801. The third-order valence-corrected chi connectivity index (χ3v) is 5.65. The highest BCUT2D eigenvalue weighted by Crippen LogP contribution is 2.25. The number of hydrogen-bond acceptors (Lipinski definition) is 5. The minimum atomic E-state index is 0.0544. The highest BCUT2D eigenvalue weighted by molar-refractivity contribution is 7.14. The first-order valence-corrected chi connectivity index (χ1v) is 10.1. The summed E-state index contributed by atoms with van der Waals surface area (Å²) in [5, 5.41) is 2.60. The van der Waals surface area contributed by atoms with Gasteiger partial charge >= 0.3 is 0 Å². The summed E-state index contributed by atoms with van der Waals surface area (Å²) in [7, 11) is 4.02. The van der Waals surface area contributed by atoms with Crippen LogP contribution in [-0.4, -0.2) is 48.9 Å². The summed E-state index contributed by atoms with van der Waals surface area (Å²) in [6, 6.07) is 8.25. The zero-order chi connectivity index (χ0) is 19.4. The molecule has 2 amide bonds. The quantitative estimate of drug-likeness (QED) is 0.734. The van der Waals surface area contributed by atoms with Gasteiger partial charge in [-0.2, -0.15) is 0 Å². The van der Waals surface area contributed by atoms with Crippen LogP contribution in [0.3, 0.4) is 0 Å². The van der Waals surface area contributed by atoms with Crippen LogP contribution in [0.15, 0.2) is 29.6 Å². The van der Waals surface area contributed by atoms with Gasteiger partial charge < -0.3 is 9.80 Å². The van der Waals surface area contributed by atoms with Gasteiger partial charge in [-0.3, -0.25) is 14.5 Å². The number of rotatable bonds is 7. The molecule has 2 aromatic rings. The van der Waals surface area contributed by atoms with Gasteiger partial charge in [0.05, 0.1) is 12.1 Å². The molecule has 0 spiro atoms. The average Bonchev–Trinajstić information content (AvgIpc) is 3.28. The minimum absolute atomic E-state index is 0.0544. The Morgan fingerprint density at radius 2 is 2.00 bits per heavy atom. The van der Waals surface area contributed by atoms with Crippen molar-refractivity contribution in [2.45, 2.75) is 32.7 Å². The fourth-order valence-electron chi connectivity index (χ4n) is 3.11. The zero-order valence-corrected chi connectivity index (χ0v) is 17.0. The molecule has 0 atom stereocenters. The summed E-state index contributed by atoms with van der Waals surface area (Å²) >= 11 is 1.44. The Morgan fingerprint density at radius 1 is 1.26 bits per heavy atom. The SMILES string of the molecule is CCN(Cc1ccc(N(C)C)cc1)C(=O)Cc1csc(N2CCCC2=O)n1. The largest absolute Gasteiger partial charge is 0.378 e. The molecule has 27 heavy (non-hydrogen) atoms. The van der Waals surface area contributed by atoms with Crippen LogP contribution >= 0.6 is 11.3 Å². The number of amides is 2. The normalized spacial score (nSPS) is 13.9. The van der Waals surface area contributed by atoms with E-state index in [0.29, 0.717) is 24.6 Å². The van der Waals surface area contributed by atoms with E-state index in [0.717, 1.165) is 29.9 Å². The molecule has 6 nitrogen and oxygen atoms in total. The molecule has 0 unspecified atom stereocenters. The second-order valence-corrected chi connectivity index (χ2v) is 7.75. The van der Waals surface area contributed by atoms with E-state index < -0.39 is 0 Å². The molecule has 7 heteroatoms. The van der Waals surface area contributed by atoms with Crippen LogP contribution in [-0.2, 0) is 22.6 Å². The Morgan fingerprint density at radius 3 is 2.59 bits per heavy atom. The van der Waals surface area contributed by atoms with Crippen molar-refractivity contribution in [2.75, 3.05) is 37.0 Å². The summed E-state index contributed by atoms with van der Waals surface area (Å²) in [5.74, 6) is 0.178. The molecule has 2 heterocycles. The number of thiazole rings is 1. The number of carbonyl (C=O) groups excluding carboxylic acids is 2. The van der Waals surface area contributed by atoms with Gasteiger partial charge in [0, 0.05) is 51.2 Å². The van der Waals surface area contributed by atoms with Crippen molar-refractivity contribution in [3.05, 3.63) is 40.9 Å². The van der Waals surface area contributed by atoms with Crippen LogP contribution < -0.4 is 9.80 Å². The van der Waals surface area contributed by atoms with E-state index in [1.54, 1.807) is 4.90 Å². The third kappa shape index (κ3) is 4.66. The number of aromatic nitrogens is 1. The molecule has 0 bridgehead atoms. The Hall–Kier alpha value is -2.41. The minimum Gasteiger partial charge on any atom is -0.378 e. The van der Waals surface area contributed by atoms with Gasteiger partial charge in [0.1, 0.15) is 0 Å². The Labute approximate surface area is 164 Å². The summed E-state index contributed by atoms with van der Waals surface area (Å²) in [6.45, 7) is 3.95. The van der Waals surface area contributed by atoms with Crippen molar-refractivity contribution >= 4 is 34.0 Å². The van der Waals surface area contributed by atoms with Gasteiger partial charge in [-0.15, -0.1) is 11.3 Å². The van der Waals surface area contributed by atoms with Crippen LogP contribution in [0.4, 0.5) is 10.8 Å². The first-order valence-electron chi connectivity index (χ1n) is 9.26. The number of hydrogen-bond donors (Lipinski definition) is 0. The van der Waals surface area contributed by atoms with Crippen molar-refractivity contribution in [3.8, 4) is 0 Å². The standard InChI is InChI=1S/C20H26N4O2S/c1-4-23(13-15-7-9-17(10-8-15)22(2)3)19(26)12-16-14-27-20(21-16)24-11-5-6-18(24)25/h7-10,14H,4-6,11-13H2,1-3H3. The monoisotopic (exact) mass is 386 g/mol. The van der Waals surface area contributed by atoms with Crippen molar-refractivity contribution in [1.82, 2.24) is 9.88 Å². The number of carbonyl (C=O) groups is 2. The fourth-order valence-corrected chi connectivity index (χ4v) is 3.98. The van der Waals surface area contributed by atoms with E-state index in [4.69, 9.17) is 0 Å². The molecule has 0 radical (unpaired) electrons. The molecule has 1 aliphatic heterocycles. The first kappa shape index (κ1) is 19.4. The Kier molecular flexibility index (Phi) is 6.11. The molecule has 0 saturated carbocycles. The summed E-state index contributed by atoms with van der Waals surface area (Å²) in [5.41, 5.74) is 2.98. The second kappa shape index (κ2) is 8.52. The molecule has 0 N–H and O–H groups in total. The molecule has 0 aliphatic carbocycles.